The highest BCUT2D eigenvalue weighted by molar-refractivity contribution is 5.14. The summed E-state index contributed by atoms with van der Waals surface area (Å²) in [5.74, 6) is 0. The summed E-state index contributed by atoms with van der Waals surface area (Å²) in [6.07, 6.45) is 0. The third-order valence-corrected chi connectivity index (χ3v) is 3.13. The molecule has 2 heteroatoms. The Hall–Kier alpha value is -0.860. The molecule has 1 aromatic rings. The van der Waals surface area contributed by atoms with Crippen molar-refractivity contribution in [1.82, 2.24) is 4.90 Å². The average molecular weight is 234 g/mol. The van der Waals surface area contributed by atoms with E-state index in [9.17, 15) is 0 Å². The maximum atomic E-state index is 6.14. The van der Waals surface area contributed by atoms with E-state index >= 15 is 0 Å². The zero-order valence-corrected chi connectivity index (χ0v) is 11.8. The standard InChI is InChI=1S/C15H26N2/c1-12(16)14(15(2,3)4)17(5)11-13-9-7-6-8-10-13/h6-10,12,14H,11,16H2,1-5H3. The van der Waals surface area contributed by atoms with Crippen molar-refractivity contribution >= 4 is 0 Å². The number of likely N-dealkylation sites (N-methyl/N-ethyl adjacent to an activating group) is 1. The van der Waals surface area contributed by atoms with Gasteiger partial charge < -0.3 is 5.73 Å². The van der Waals surface area contributed by atoms with Gasteiger partial charge in [-0.1, -0.05) is 51.1 Å². The van der Waals surface area contributed by atoms with Crippen LogP contribution in [0.5, 0.6) is 0 Å². The smallest absolute Gasteiger partial charge is 0.0293 e. The topological polar surface area (TPSA) is 29.3 Å². The molecule has 2 nitrogen and oxygen atoms in total. The number of nitrogens with zero attached hydrogens (tertiary/aromatic N) is 1. The first kappa shape index (κ1) is 14.2. The minimum atomic E-state index is 0.170. The van der Waals surface area contributed by atoms with Crippen LogP contribution < -0.4 is 5.73 Å². The van der Waals surface area contributed by atoms with Gasteiger partial charge in [0.1, 0.15) is 0 Å². The summed E-state index contributed by atoms with van der Waals surface area (Å²) < 4.78 is 0. The number of benzene rings is 1. The van der Waals surface area contributed by atoms with E-state index in [2.05, 4.69) is 70.0 Å². The first-order valence-corrected chi connectivity index (χ1v) is 6.32. The fourth-order valence-electron chi connectivity index (χ4n) is 2.82. The largest absolute Gasteiger partial charge is 0.327 e. The summed E-state index contributed by atoms with van der Waals surface area (Å²) in [4.78, 5) is 2.36. The zero-order chi connectivity index (χ0) is 13.1. The first-order valence-electron chi connectivity index (χ1n) is 6.32. The van der Waals surface area contributed by atoms with Crippen molar-refractivity contribution in [2.45, 2.75) is 46.3 Å². The SMILES string of the molecule is CC(N)C(N(C)Cc1ccccc1)C(C)(C)C. The summed E-state index contributed by atoms with van der Waals surface area (Å²) >= 11 is 0. The summed E-state index contributed by atoms with van der Waals surface area (Å²) in [5.41, 5.74) is 7.67. The number of hydrogen-bond donors (Lipinski definition) is 1. The Morgan fingerprint density at radius 1 is 1.18 bits per heavy atom. The van der Waals surface area contributed by atoms with E-state index < -0.39 is 0 Å². The van der Waals surface area contributed by atoms with Gasteiger partial charge in [-0.15, -0.1) is 0 Å². The Labute approximate surface area is 106 Å². The fourth-order valence-corrected chi connectivity index (χ4v) is 2.82. The lowest BCUT2D eigenvalue weighted by Crippen LogP contribution is -2.51. The normalized spacial score (nSPS) is 15.9. The van der Waals surface area contributed by atoms with E-state index in [0.717, 1.165) is 6.54 Å². The molecule has 0 saturated carbocycles. The lowest BCUT2D eigenvalue weighted by atomic mass is 9.82. The number of hydrogen-bond acceptors (Lipinski definition) is 2. The van der Waals surface area contributed by atoms with Crippen molar-refractivity contribution in [3.63, 3.8) is 0 Å². The van der Waals surface area contributed by atoms with Gasteiger partial charge >= 0.3 is 0 Å². The summed E-state index contributed by atoms with van der Waals surface area (Å²) in [5, 5.41) is 0. The van der Waals surface area contributed by atoms with Crippen LogP contribution in [0.15, 0.2) is 30.3 Å². The molecule has 1 rings (SSSR count). The summed E-state index contributed by atoms with van der Waals surface area (Å²) in [6, 6.07) is 11.1. The molecule has 1 aromatic carbocycles. The van der Waals surface area contributed by atoms with Crippen molar-refractivity contribution in [1.29, 1.82) is 0 Å². The molecule has 0 amide bonds. The zero-order valence-electron chi connectivity index (χ0n) is 11.8. The molecule has 2 atom stereocenters. The fraction of sp³-hybridized carbons (Fsp3) is 0.600. The second kappa shape index (κ2) is 5.65. The molecule has 2 N–H and O–H groups in total. The number of rotatable bonds is 4. The lowest BCUT2D eigenvalue weighted by Gasteiger charge is -2.40. The third kappa shape index (κ3) is 4.14. The first-order chi connectivity index (χ1) is 7.82. The molecule has 0 bridgehead atoms. The Kier molecular flexibility index (Phi) is 4.72. The van der Waals surface area contributed by atoms with Crippen LogP contribution >= 0.6 is 0 Å². The molecule has 0 aliphatic rings. The molecule has 0 heterocycles. The van der Waals surface area contributed by atoms with Gasteiger partial charge in [0.25, 0.3) is 0 Å². The van der Waals surface area contributed by atoms with Gasteiger partial charge in [-0.05, 0) is 24.9 Å². The number of nitrogens with two attached hydrogens (primary N) is 1. The highest BCUT2D eigenvalue weighted by Crippen LogP contribution is 2.26. The van der Waals surface area contributed by atoms with Gasteiger partial charge in [0.15, 0.2) is 0 Å². The second-order valence-electron chi connectivity index (χ2n) is 6.07. The maximum absolute atomic E-state index is 6.14. The monoisotopic (exact) mass is 234 g/mol. The van der Waals surface area contributed by atoms with Crippen molar-refractivity contribution in [3.8, 4) is 0 Å². The minimum Gasteiger partial charge on any atom is -0.327 e. The van der Waals surface area contributed by atoms with E-state index in [4.69, 9.17) is 5.73 Å². The van der Waals surface area contributed by atoms with Crippen molar-refractivity contribution in [3.05, 3.63) is 35.9 Å². The van der Waals surface area contributed by atoms with E-state index in [0.29, 0.717) is 6.04 Å². The molecule has 0 saturated heterocycles. The third-order valence-electron chi connectivity index (χ3n) is 3.13. The highest BCUT2D eigenvalue weighted by Gasteiger charge is 2.31. The van der Waals surface area contributed by atoms with Gasteiger partial charge in [-0.3, -0.25) is 4.90 Å². The van der Waals surface area contributed by atoms with E-state index in [-0.39, 0.29) is 11.5 Å². The molecule has 0 aliphatic carbocycles. The van der Waals surface area contributed by atoms with Crippen LogP contribution in [0.4, 0.5) is 0 Å². The molecular weight excluding hydrogens is 208 g/mol. The van der Waals surface area contributed by atoms with Crippen LogP contribution in [-0.2, 0) is 6.54 Å². The predicted molar refractivity (Wildman–Crippen MR) is 74.8 cm³/mol. The highest BCUT2D eigenvalue weighted by atomic mass is 15.2. The molecular formula is C15H26N2. The Morgan fingerprint density at radius 2 is 1.71 bits per heavy atom. The average Bonchev–Trinajstić information content (AvgIpc) is 2.15. The Morgan fingerprint density at radius 3 is 2.12 bits per heavy atom. The van der Waals surface area contributed by atoms with Crippen LogP contribution in [0.2, 0.25) is 0 Å². The van der Waals surface area contributed by atoms with Crippen molar-refractivity contribution in [2.75, 3.05) is 7.05 Å². The maximum Gasteiger partial charge on any atom is 0.0293 e. The van der Waals surface area contributed by atoms with Gasteiger partial charge in [0, 0.05) is 18.6 Å². The van der Waals surface area contributed by atoms with Crippen LogP contribution in [0, 0.1) is 5.41 Å². The molecule has 96 valence electrons. The molecule has 0 spiro atoms. The molecule has 0 aromatic heterocycles. The Balaban J connectivity index is 2.77. The quantitative estimate of drug-likeness (QED) is 0.868. The van der Waals surface area contributed by atoms with Crippen LogP contribution in [0.25, 0.3) is 0 Å². The molecule has 0 radical (unpaired) electrons. The van der Waals surface area contributed by atoms with E-state index in [1.165, 1.54) is 5.56 Å². The van der Waals surface area contributed by atoms with Gasteiger partial charge in [-0.2, -0.15) is 0 Å². The van der Waals surface area contributed by atoms with Crippen LogP contribution in [-0.4, -0.2) is 24.0 Å². The second-order valence-corrected chi connectivity index (χ2v) is 6.07. The van der Waals surface area contributed by atoms with Gasteiger partial charge in [0.2, 0.25) is 0 Å². The minimum absolute atomic E-state index is 0.170. The van der Waals surface area contributed by atoms with Gasteiger partial charge in [0.05, 0.1) is 0 Å². The predicted octanol–water partition coefficient (Wildman–Crippen LogP) is 2.88. The molecule has 2 unspecified atom stereocenters. The summed E-state index contributed by atoms with van der Waals surface area (Å²) in [7, 11) is 2.16. The molecule has 0 fully saturated rings. The Bertz CT molecular complexity index is 325. The van der Waals surface area contributed by atoms with Crippen LogP contribution in [0.1, 0.15) is 33.3 Å². The van der Waals surface area contributed by atoms with E-state index in [1.807, 2.05) is 0 Å². The molecule has 17 heavy (non-hydrogen) atoms. The molecule has 0 aliphatic heterocycles. The van der Waals surface area contributed by atoms with Gasteiger partial charge in [-0.25, -0.2) is 0 Å². The van der Waals surface area contributed by atoms with Crippen molar-refractivity contribution in [2.24, 2.45) is 11.1 Å². The van der Waals surface area contributed by atoms with Crippen LogP contribution in [0.3, 0.4) is 0 Å². The van der Waals surface area contributed by atoms with Crippen molar-refractivity contribution < 1.29 is 0 Å². The summed E-state index contributed by atoms with van der Waals surface area (Å²) in [6.45, 7) is 9.80. The van der Waals surface area contributed by atoms with E-state index in [1.54, 1.807) is 0 Å². The lowest BCUT2D eigenvalue weighted by molar-refractivity contribution is 0.100.